The smallest absolute Gasteiger partial charge is 0.255 e. The second kappa shape index (κ2) is 4.76. The number of benzene rings is 1. The van der Waals surface area contributed by atoms with Gasteiger partial charge in [-0.2, -0.15) is 0 Å². The zero-order valence-electron chi connectivity index (χ0n) is 9.04. The molecular weight excluding hydrogens is 289 g/mol. The minimum atomic E-state index is 0.0102. The van der Waals surface area contributed by atoms with Crippen LogP contribution in [0.3, 0.4) is 0 Å². The molecule has 0 N–H and O–H groups in total. The summed E-state index contributed by atoms with van der Waals surface area (Å²) < 4.78 is 0.877. The maximum absolute atomic E-state index is 12.2. The quantitative estimate of drug-likeness (QED) is 0.815. The molecule has 0 atom stereocenters. The molecular formula is C12H13BrClNO. The number of hydrogen-bond acceptors (Lipinski definition) is 1. The van der Waals surface area contributed by atoms with Crippen LogP contribution in [0.4, 0.5) is 0 Å². The lowest BCUT2D eigenvalue weighted by atomic mass is 9.91. The topological polar surface area (TPSA) is 20.3 Å². The van der Waals surface area contributed by atoms with Gasteiger partial charge >= 0.3 is 0 Å². The second-order valence-corrected chi connectivity index (χ2v) is 5.45. The third kappa shape index (κ3) is 2.25. The number of hydrogen-bond donors (Lipinski definition) is 0. The van der Waals surface area contributed by atoms with Crippen molar-refractivity contribution in [2.45, 2.75) is 25.3 Å². The Balaban J connectivity index is 2.22. The molecule has 0 aliphatic heterocycles. The van der Waals surface area contributed by atoms with Crippen LogP contribution in [0.25, 0.3) is 0 Å². The molecule has 1 fully saturated rings. The summed E-state index contributed by atoms with van der Waals surface area (Å²) in [5.74, 6) is 0.0102. The van der Waals surface area contributed by atoms with E-state index in [4.69, 9.17) is 11.6 Å². The zero-order valence-corrected chi connectivity index (χ0v) is 11.4. The van der Waals surface area contributed by atoms with Gasteiger partial charge in [-0.25, -0.2) is 0 Å². The molecule has 4 heteroatoms. The SMILES string of the molecule is CN(C(=O)c1cc(Br)ccc1Cl)C1CCC1. The highest BCUT2D eigenvalue weighted by Gasteiger charge is 2.27. The first-order chi connectivity index (χ1) is 7.59. The van der Waals surface area contributed by atoms with Crippen LogP contribution < -0.4 is 0 Å². The molecule has 1 aliphatic rings. The van der Waals surface area contributed by atoms with Crippen LogP contribution in [0.15, 0.2) is 22.7 Å². The van der Waals surface area contributed by atoms with Crippen molar-refractivity contribution in [3.8, 4) is 0 Å². The highest BCUT2D eigenvalue weighted by molar-refractivity contribution is 9.10. The molecule has 0 spiro atoms. The normalized spacial score (nSPS) is 15.7. The molecule has 0 saturated heterocycles. The van der Waals surface area contributed by atoms with E-state index in [0.29, 0.717) is 16.6 Å². The summed E-state index contributed by atoms with van der Waals surface area (Å²) in [6, 6.07) is 5.75. The monoisotopic (exact) mass is 301 g/mol. The van der Waals surface area contributed by atoms with Gasteiger partial charge in [-0.3, -0.25) is 4.79 Å². The first-order valence-corrected chi connectivity index (χ1v) is 6.49. The standard InChI is InChI=1S/C12H13BrClNO/c1-15(9-3-2-4-9)12(16)10-7-8(13)5-6-11(10)14/h5-7,9H,2-4H2,1H3. The van der Waals surface area contributed by atoms with Crippen molar-refractivity contribution < 1.29 is 4.79 Å². The van der Waals surface area contributed by atoms with Crippen LogP contribution in [-0.2, 0) is 0 Å². The van der Waals surface area contributed by atoms with Crippen molar-refractivity contribution in [2.75, 3.05) is 7.05 Å². The van der Waals surface area contributed by atoms with E-state index < -0.39 is 0 Å². The predicted octanol–water partition coefficient (Wildman–Crippen LogP) is 3.73. The van der Waals surface area contributed by atoms with Crippen molar-refractivity contribution in [3.63, 3.8) is 0 Å². The van der Waals surface area contributed by atoms with Crippen molar-refractivity contribution in [1.29, 1.82) is 0 Å². The maximum Gasteiger partial charge on any atom is 0.255 e. The molecule has 0 heterocycles. The largest absolute Gasteiger partial charge is 0.339 e. The molecule has 1 amide bonds. The summed E-state index contributed by atoms with van der Waals surface area (Å²) >= 11 is 9.39. The lowest BCUT2D eigenvalue weighted by Crippen LogP contribution is -2.41. The summed E-state index contributed by atoms with van der Waals surface area (Å²) in [6.07, 6.45) is 3.43. The second-order valence-electron chi connectivity index (χ2n) is 4.12. The van der Waals surface area contributed by atoms with Crippen molar-refractivity contribution >= 4 is 33.4 Å². The average molecular weight is 303 g/mol. The average Bonchev–Trinajstić information content (AvgIpc) is 2.18. The number of rotatable bonds is 2. The van der Waals surface area contributed by atoms with Gasteiger partial charge in [-0.15, -0.1) is 0 Å². The summed E-state index contributed by atoms with van der Waals surface area (Å²) in [5, 5.41) is 0.513. The van der Waals surface area contributed by atoms with E-state index in [1.807, 2.05) is 13.1 Å². The van der Waals surface area contributed by atoms with E-state index >= 15 is 0 Å². The van der Waals surface area contributed by atoms with Crippen LogP contribution >= 0.6 is 27.5 Å². The van der Waals surface area contributed by atoms with Gasteiger partial charge in [-0.1, -0.05) is 27.5 Å². The molecule has 0 bridgehead atoms. The first kappa shape index (κ1) is 11.9. The molecule has 0 unspecified atom stereocenters. The fourth-order valence-electron chi connectivity index (χ4n) is 1.79. The van der Waals surface area contributed by atoms with Crippen molar-refractivity contribution in [1.82, 2.24) is 4.90 Å². The molecule has 2 nitrogen and oxygen atoms in total. The Labute approximate surface area is 109 Å². The van der Waals surface area contributed by atoms with E-state index in [9.17, 15) is 4.79 Å². The van der Waals surface area contributed by atoms with E-state index in [1.54, 1.807) is 17.0 Å². The Kier molecular flexibility index (Phi) is 3.55. The lowest BCUT2D eigenvalue weighted by molar-refractivity contribution is 0.0652. The molecule has 2 rings (SSSR count). The summed E-state index contributed by atoms with van der Waals surface area (Å²) in [5.41, 5.74) is 0.574. The summed E-state index contributed by atoms with van der Waals surface area (Å²) in [7, 11) is 1.85. The van der Waals surface area contributed by atoms with Crippen LogP contribution in [0, 0.1) is 0 Å². The van der Waals surface area contributed by atoms with Crippen LogP contribution in [0.5, 0.6) is 0 Å². The third-order valence-corrected chi connectivity index (χ3v) is 3.92. The number of nitrogens with zero attached hydrogens (tertiary/aromatic N) is 1. The fourth-order valence-corrected chi connectivity index (χ4v) is 2.35. The van der Waals surface area contributed by atoms with Gasteiger partial charge in [-0.05, 0) is 37.5 Å². The molecule has 86 valence electrons. The molecule has 1 aromatic rings. The number of halogens is 2. The molecule has 0 aromatic heterocycles. The van der Waals surface area contributed by atoms with Crippen molar-refractivity contribution in [2.24, 2.45) is 0 Å². The molecule has 16 heavy (non-hydrogen) atoms. The van der Waals surface area contributed by atoms with Gasteiger partial charge in [0, 0.05) is 17.6 Å². The Bertz CT molecular complexity index is 417. The molecule has 1 aromatic carbocycles. The van der Waals surface area contributed by atoms with Crippen LogP contribution in [-0.4, -0.2) is 23.9 Å². The fraction of sp³-hybridized carbons (Fsp3) is 0.417. The van der Waals surface area contributed by atoms with Gasteiger partial charge in [0.05, 0.1) is 10.6 Å². The highest BCUT2D eigenvalue weighted by atomic mass is 79.9. The maximum atomic E-state index is 12.2. The summed E-state index contributed by atoms with van der Waals surface area (Å²) in [4.78, 5) is 14.0. The van der Waals surface area contributed by atoms with Gasteiger partial charge in [0.2, 0.25) is 0 Å². The van der Waals surface area contributed by atoms with E-state index in [-0.39, 0.29) is 5.91 Å². The van der Waals surface area contributed by atoms with Gasteiger partial charge in [0.1, 0.15) is 0 Å². The van der Waals surface area contributed by atoms with E-state index in [1.165, 1.54) is 6.42 Å². The van der Waals surface area contributed by atoms with Crippen molar-refractivity contribution in [3.05, 3.63) is 33.3 Å². The van der Waals surface area contributed by atoms with Crippen LogP contribution in [0.1, 0.15) is 29.6 Å². The van der Waals surface area contributed by atoms with Gasteiger partial charge < -0.3 is 4.90 Å². The molecule has 1 saturated carbocycles. The third-order valence-electron chi connectivity index (χ3n) is 3.10. The molecule has 0 radical (unpaired) electrons. The van der Waals surface area contributed by atoms with Gasteiger partial charge in [0.25, 0.3) is 5.91 Å². The lowest BCUT2D eigenvalue weighted by Gasteiger charge is -2.34. The Hall–Kier alpha value is -0.540. The highest BCUT2D eigenvalue weighted by Crippen LogP contribution is 2.27. The summed E-state index contributed by atoms with van der Waals surface area (Å²) in [6.45, 7) is 0. The first-order valence-electron chi connectivity index (χ1n) is 5.32. The Morgan fingerprint density at radius 1 is 1.50 bits per heavy atom. The minimum Gasteiger partial charge on any atom is -0.339 e. The Morgan fingerprint density at radius 2 is 2.19 bits per heavy atom. The van der Waals surface area contributed by atoms with E-state index in [0.717, 1.165) is 17.3 Å². The number of carbonyl (C=O) groups is 1. The zero-order chi connectivity index (χ0) is 11.7. The Morgan fingerprint density at radius 3 is 2.75 bits per heavy atom. The van der Waals surface area contributed by atoms with E-state index in [2.05, 4.69) is 15.9 Å². The predicted molar refractivity (Wildman–Crippen MR) is 68.9 cm³/mol. The number of amides is 1. The minimum absolute atomic E-state index is 0.0102. The van der Waals surface area contributed by atoms with Crippen LogP contribution in [0.2, 0.25) is 5.02 Å². The molecule has 1 aliphatic carbocycles. The number of carbonyl (C=O) groups excluding carboxylic acids is 1. The van der Waals surface area contributed by atoms with Gasteiger partial charge in [0.15, 0.2) is 0 Å².